The first-order valence-corrected chi connectivity index (χ1v) is 6.87. The second-order valence-electron chi connectivity index (χ2n) is 5.71. The van der Waals surface area contributed by atoms with E-state index in [1.54, 1.807) is 0 Å². The van der Waals surface area contributed by atoms with Crippen molar-refractivity contribution in [1.82, 2.24) is 5.32 Å². The van der Waals surface area contributed by atoms with Crippen molar-refractivity contribution in [3.05, 3.63) is 12.2 Å². The molecule has 0 heterocycles. The van der Waals surface area contributed by atoms with E-state index in [0.717, 1.165) is 17.4 Å². The van der Waals surface area contributed by atoms with Gasteiger partial charge in [-0.3, -0.25) is 0 Å². The molecule has 0 spiro atoms. The summed E-state index contributed by atoms with van der Waals surface area (Å²) in [6.45, 7) is 6.43. The van der Waals surface area contributed by atoms with Gasteiger partial charge in [0.1, 0.15) is 0 Å². The lowest BCUT2D eigenvalue weighted by atomic mass is 9.85. The molecule has 96 valence electrons. The van der Waals surface area contributed by atoms with Gasteiger partial charge >= 0.3 is 0 Å². The largest absolute Gasteiger partial charge is 0.370 e. The minimum absolute atomic E-state index is 0.590. The average Bonchev–Trinajstić information content (AvgIpc) is 3.07. The first kappa shape index (κ1) is 12.5. The van der Waals surface area contributed by atoms with Crippen molar-refractivity contribution in [1.29, 1.82) is 0 Å². The lowest BCUT2D eigenvalue weighted by Crippen LogP contribution is -2.35. The highest BCUT2D eigenvalue weighted by atomic mass is 15.1. The van der Waals surface area contributed by atoms with Crippen molar-refractivity contribution in [2.24, 2.45) is 22.6 Å². The van der Waals surface area contributed by atoms with E-state index in [9.17, 15) is 0 Å². The van der Waals surface area contributed by atoms with E-state index in [0.29, 0.717) is 18.5 Å². The van der Waals surface area contributed by atoms with Gasteiger partial charge in [-0.2, -0.15) is 0 Å². The van der Waals surface area contributed by atoms with Gasteiger partial charge in [0.2, 0.25) is 0 Å². The molecule has 0 aliphatic heterocycles. The molecule has 0 bridgehead atoms. The minimum Gasteiger partial charge on any atom is -0.370 e. The Morgan fingerprint density at radius 1 is 1.35 bits per heavy atom. The molecule has 3 heteroatoms. The first-order valence-electron chi connectivity index (χ1n) is 6.87. The third kappa shape index (κ3) is 3.76. The number of rotatable bonds is 4. The van der Waals surface area contributed by atoms with Crippen LogP contribution in [0.3, 0.4) is 0 Å². The van der Waals surface area contributed by atoms with Crippen molar-refractivity contribution in [2.75, 3.05) is 6.54 Å². The number of nitrogens with one attached hydrogen (secondary N) is 1. The molecule has 2 aliphatic carbocycles. The SMILES string of the molecule is C=C(C)CN=C(N)NC1CC1C1CCCCC1. The molecule has 0 aromatic carbocycles. The molecule has 0 amide bonds. The Balaban J connectivity index is 1.71. The maximum atomic E-state index is 5.85. The lowest BCUT2D eigenvalue weighted by molar-refractivity contribution is 0.316. The molecule has 2 atom stereocenters. The maximum Gasteiger partial charge on any atom is 0.189 e. The molecular weight excluding hydrogens is 210 g/mol. The van der Waals surface area contributed by atoms with Gasteiger partial charge in [-0.25, -0.2) is 4.99 Å². The number of aliphatic imine (C=N–C) groups is 1. The standard InChI is InChI=1S/C14H25N3/c1-10(2)9-16-14(15)17-13-8-12(13)11-6-4-3-5-7-11/h11-13H,1,3-9H2,2H3,(H3,15,16,17). The number of guanidine groups is 1. The zero-order valence-corrected chi connectivity index (χ0v) is 10.9. The zero-order valence-electron chi connectivity index (χ0n) is 10.9. The number of nitrogens with two attached hydrogens (primary N) is 1. The van der Waals surface area contributed by atoms with Gasteiger partial charge in [-0.05, 0) is 25.2 Å². The van der Waals surface area contributed by atoms with Gasteiger partial charge in [0.05, 0.1) is 6.54 Å². The quantitative estimate of drug-likeness (QED) is 0.447. The monoisotopic (exact) mass is 235 g/mol. The number of nitrogens with zero attached hydrogens (tertiary/aromatic N) is 1. The fraction of sp³-hybridized carbons (Fsp3) is 0.786. The average molecular weight is 235 g/mol. The van der Waals surface area contributed by atoms with Gasteiger partial charge in [-0.1, -0.05) is 44.3 Å². The summed E-state index contributed by atoms with van der Waals surface area (Å²) in [4.78, 5) is 4.27. The Kier molecular flexibility index (Phi) is 4.08. The minimum atomic E-state index is 0.590. The maximum absolute atomic E-state index is 5.85. The van der Waals surface area contributed by atoms with E-state index in [4.69, 9.17) is 5.73 Å². The molecule has 0 aromatic rings. The molecule has 2 fully saturated rings. The van der Waals surface area contributed by atoms with Crippen molar-refractivity contribution < 1.29 is 0 Å². The van der Waals surface area contributed by atoms with Crippen LogP contribution in [0.25, 0.3) is 0 Å². The summed E-state index contributed by atoms with van der Waals surface area (Å²) in [6.07, 6.45) is 8.41. The van der Waals surface area contributed by atoms with Crippen molar-refractivity contribution in [3.63, 3.8) is 0 Å². The zero-order chi connectivity index (χ0) is 12.3. The van der Waals surface area contributed by atoms with Crippen molar-refractivity contribution in [2.45, 2.75) is 51.5 Å². The predicted octanol–water partition coefficient (Wildman–Crippen LogP) is 2.44. The van der Waals surface area contributed by atoms with Crippen LogP contribution < -0.4 is 11.1 Å². The highest BCUT2D eigenvalue weighted by Crippen LogP contribution is 2.44. The van der Waals surface area contributed by atoms with Gasteiger partial charge in [0.15, 0.2) is 5.96 Å². The fourth-order valence-corrected chi connectivity index (χ4v) is 2.92. The highest BCUT2D eigenvalue weighted by molar-refractivity contribution is 5.78. The van der Waals surface area contributed by atoms with E-state index >= 15 is 0 Å². The Bertz CT molecular complexity index is 303. The van der Waals surface area contributed by atoms with Crippen LogP contribution in [-0.4, -0.2) is 18.5 Å². The van der Waals surface area contributed by atoms with Crippen LogP contribution in [0.5, 0.6) is 0 Å². The fourth-order valence-electron chi connectivity index (χ4n) is 2.92. The Morgan fingerprint density at radius 3 is 2.71 bits per heavy atom. The first-order chi connectivity index (χ1) is 8.16. The molecular formula is C14H25N3. The van der Waals surface area contributed by atoms with E-state index in [2.05, 4.69) is 16.9 Å². The lowest BCUT2D eigenvalue weighted by Gasteiger charge is -2.21. The second-order valence-corrected chi connectivity index (χ2v) is 5.71. The Morgan fingerprint density at radius 2 is 2.06 bits per heavy atom. The Hall–Kier alpha value is -0.990. The van der Waals surface area contributed by atoms with E-state index in [-0.39, 0.29) is 0 Å². The van der Waals surface area contributed by atoms with Gasteiger partial charge < -0.3 is 11.1 Å². The Labute approximate surface area is 105 Å². The molecule has 3 nitrogen and oxygen atoms in total. The summed E-state index contributed by atoms with van der Waals surface area (Å²) >= 11 is 0. The summed E-state index contributed by atoms with van der Waals surface area (Å²) in [6, 6.07) is 0.590. The third-order valence-electron chi connectivity index (χ3n) is 3.95. The molecule has 17 heavy (non-hydrogen) atoms. The molecule has 0 aromatic heterocycles. The summed E-state index contributed by atoms with van der Waals surface area (Å²) in [5.74, 6) is 2.39. The number of hydrogen-bond donors (Lipinski definition) is 2. The topological polar surface area (TPSA) is 50.4 Å². The molecule has 2 rings (SSSR count). The smallest absolute Gasteiger partial charge is 0.189 e. The molecule has 2 unspecified atom stereocenters. The number of hydrogen-bond acceptors (Lipinski definition) is 1. The predicted molar refractivity (Wildman–Crippen MR) is 72.9 cm³/mol. The van der Waals surface area contributed by atoms with Crippen molar-refractivity contribution >= 4 is 5.96 Å². The summed E-state index contributed by atoms with van der Waals surface area (Å²) in [5, 5.41) is 3.34. The van der Waals surface area contributed by atoms with Gasteiger partial charge in [-0.15, -0.1) is 0 Å². The molecule has 2 aliphatic rings. The van der Waals surface area contributed by atoms with E-state index < -0.39 is 0 Å². The van der Waals surface area contributed by atoms with Crippen LogP contribution in [0.4, 0.5) is 0 Å². The summed E-state index contributed by atoms with van der Waals surface area (Å²) in [5.41, 5.74) is 6.90. The molecule has 0 saturated heterocycles. The van der Waals surface area contributed by atoms with E-state index in [1.165, 1.54) is 38.5 Å². The van der Waals surface area contributed by atoms with Crippen molar-refractivity contribution in [3.8, 4) is 0 Å². The van der Waals surface area contributed by atoms with Crippen LogP contribution in [0, 0.1) is 11.8 Å². The second kappa shape index (κ2) is 5.56. The molecule has 2 saturated carbocycles. The molecule has 0 radical (unpaired) electrons. The van der Waals surface area contributed by atoms with Gasteiger partial charge in [0, 0.05) is 6.04 Å². The van der Waals surface area contributed by atoms with Crippen LogP contribution in [0.1, 0.15) is 45.4 Å². The van der Waals surface area contributed by atoms with Crippen LogP contribution in [0.2, 0.25) is 0 Å². The summed E-state index contributed by atoms with van der Waals surface area (Å²) in [7, 11) is 0. The summed E-state index contributed by atoms with van der Waals surface area (Å²) < 4.78 is 0. The third-order valence-corrected chi connectivity index (χ3v) is 3.95. The van der Waals surface area contributed by atoms with Gasteiger partial charge in [0.25, 0.3) is 0 Å². The highest BCUT2D eigenvalue weighted by Gasteiger charge is 2.43. The normalized spacial score (nSPS) is 30.1. The van der Waals surface area contributed by atoms with Crippen LogP contribution in [-0.2, 0) is 0 Å². The van der Waals surface area contributed by atoms with Crippen LogP contribution in [0.15, 0.2) is 17.1 Å². The molecule has 3 N–H and O–H groups in total. The van der Waals surface area contributed by atoms with Crippen LogP contribution >= 0.6 is 0 Å². The van der Waals surface area contributed by atoms with E-state index in [1.807, 2.05) is 6.92 Å².